The number of ether oxygens (including phenoxy) is 1. The second-order valence-corrected chi connectivity index (χ2v) is 7.33. The first-order chi connectivity index (χ1) is 14.9. The lowest BCUT2D eigenvalue weighted by Gasteiger charge is -2.39. The van der Waals surface area contributed by atoms with E-state index in [4.69, 9.17) is 9.84 Å². The van der Waals surface area contributed by atoms with E-state index in [1.807, 2.05) is 54.6 Å². The fraction of sp³-hybridized carbons (Fsp3) is 0.364. The monoisotopic (exact) mass is 430 g/mol. The van der Waals surface area contributed by atoms with Gasteiger partial charge in [0, 0.05) is 6.42 Å². The summed E-state index contributed by atoms with van der Waals surface area (Å²) in [4.78, 5) is 24.1. The van der Waals surface area contributed by atoms with Crippen LogP contribution < -0.4 is 10.6 Å². The second kappa shape index (κ2) is 10.5. The van der Waals surface area contributed by atoms with Crippen LogP contribution in [0.4, 0.5) is 4.79 Å². The van der Waals surface area contributed by atoms with Gasteiger partial charge in [0.25, 0.3) is 0 Å². The van der Waals surface area contributed by atoms with Crippen LogP contribution in [0.25, 0.3) is 11.1 Å². The van der Waals surface area contributed by atoms with Crippen molar-refractivity contribution >= 4 is 11.9 Å². The van der Waals surface area contributed by atoms with E-state index in [-0.39, 0.29) is 6.42 Å². The summed E-state index contributed by atoms with van der Waals surface area (Å²) in [5.74, 6) is -0.533. The van der Waals surface area contributed by atoms with Crippen molar-refractivity contribution in [2.45, 2.75) is 43.5 Å². The number of amides is 3. The first kappa shape index (κ1) is 22.9. The van der Waals surface area contributed by atoms with Crippen LogP contribution in [0.5, 0.6) is 0 Å². The Hall–Kier alpha value is -2.82. The Labute approximate surface area is 179 Å². The van der Waals surface area contributed by atoms with Gasteiger partial charge in [0.2, 0.25) is 5.91 Å². The number of hydrogen-bond acceptors (Lipinski definition) is 7. The lowest BCUT2D eigenvalue weighted by molar-refractivity contribution is -0.233. The molecule has 0 unspecified atom stereocenters. The summed E-state index contributed by atoms with van der Waals surface area (Å²) >= 11 is 0. The summed E-state index contributed by atoms with van der Waals surface area (Å²) in [5.41, 5.74) is 3.09. The number of carbonyl (C=O) groups is 2. The minimum Gasteiger partial charge on any atom is -0.394 e. The van der Waals surface area contributed by atoms with Gasteiger partial charge in [0.15, 0.2) is 6.23 Å². The van der Waals surface area contributed by atoms with Gasteiger partial charge in [0.1, 0.15) is 24.4 Å². The zero-order chi connectivity index (χ0) is 22.4. The molecule has 0 saturated carbocycles. The number of nitrogens with one attached hydrogen (secondary N) is 2. The van der Waals surface area contributed by atoms with E-state index in [9.17, 15) is 24.9 Å². The highest BCUT2D eigenvalue weighted by Crippen LogP contribution is 2.20. The highest BCUT2D eigenvalue weighted by molar-refractivity contribution is 5.94. The molecule has 1 fully saturated rings. The molecule has 9 nitrogen and oxygen atoms in total. The standard InChI is InChI=1S/C22H26N2O7/c25-12-16-18(27)19(28)20(29)21(31-16)24-22(30)23-17(26)11-8-13-6-9-15(10-7-13)14-4-2-1-3-5-14/h1-7,9-10,16,18-21,25,27-29H,8,11-12H2,(H2,23,24,26,30)/t16-,18-,19+,20-,21-/m1/s1. The van der Waals surface area contributed by atoms with E-state index in [1.54, 1.807) is 0 Å². The summed E-state index contributed by atoms with van der Waals surface area (Å²) < 4.78 is 5.17. The number of hydrogen-bond donors (Lipinski definition) is 6. The third-order valence-corrected chi connectivity index (χ3v) is 5.12. The molecule has 0 radical (unpaired) electrons. The molecular weight excluding hydrogens is 404 g/mol. The van der Waals surface area contributed by atoms with Crippen molar-refractivity contribution < 1.29 is 34.8 Å². The lowest BCUT2D eigenvalue weighted by atomic mass is 9.98. The van der Waals surface area contributed by atoms with Crippen molar-refractivity contribution in [1.82, 2.24) is 10.6 Å². The van der Waals surface area contributed by atoms with Crippen LogP contribution in [0.1, 0.15) is 12.0 Å². The Morgan fingerprint density at radius 3 is 2.16 bits per heavy atom. The molecule has 1 aliphatic heterocycles. The second-order valence-electron chi connectivity index (χ2n) is 7.33. The van der Waals surface area contributed by atoms with Crippen molar-refractivity contribution in [3.05, 3.63) is 60.2 Å². The molecule has 6 N–H and O–H groups in total. The van der Waals surface area contributed by atoms with Crippen LogP contribution in [0.3, 0.4) is 0 Å². The molecular formula is C22H26N2O7. The number of carbonyl (C=O) groups excluding carboxylic acids is 2. The van der Waals surface area contributed by atoms with Crippen LogP contribution in [0.15, 0.2) is 54.6 Å². The Kier molecular flexibility index (Phi) is 7.72. The molecule has 1 aliphatic rings. The predicted octanol–water partition coefficient (Wildman–Crippen LogP) is -0.0881. The maximum Gasteiger partial charge on any atom is 0.323 e. The van der Waals surface area contributed by atoms with Crippen molar-refractivity contribution in [3.8, 4) is 11.1 Å². The van der Waals surface area contributed by atoms with Gasteiger partial charge >= 0.3 is 6.03 Å². The van der Waals surface area contributed by atoms with Crippen LogP contribution in [0.2, 0.25) is 0 Å². The third-order valence-electron chi connectivity index (χ3n) is 5.12. The first-order valence-electron chi connectivity index (χ1n) is 9.94. The first-order valence-corrected chi connectivity index (χ1v) is 9.94. The molecule has 0 aliphatic carbocycles. The van der Waals surface area contributed by atoms with Gasteiger partial charge in [-0.3, -0.25) is 10.1 Å². The lowest BCUT2D eigenvalue weighted by Crippen LogP contribution is -2.64. The van der Waals surface area contributed by atoms with Gasteiger partial charge < -0.3 is 30.5 Å². The quantitative estimate of drug-likeness (QED) is 0.375. The SMILES string of the molecule is O=C(CCc1ccc(-c2ccccc2)cc1)NC(=O)N[C@@H]1O[C@H](CO)[C@@H](O)[C@H](O)[C@H]1O. The van der Waals surface area contributed by atoms with E-state index in [2.05, 4.69) is 10.6 Å². The molecule has 2 aromatic rings. The molecule has 0 bridgehead atoms. The maximum atomic E-state index is 12.1. The van der Waals surface area contributed by atoms with Gasteiger partial charge in [-0.25, -0.2) is 4.79 Å². The fourth-order valence-electron chi connectivity index (χ4n) is 3.33. The van der Waals surface area contributed by atoms with E-state index >= 15 is 0 Å². The summed E-state index contributed by atoms with van der Waals surface area (Å²) in [7, 11) is 0. The number of urea groups is 1. The van der Waals surface area contributed by atoms with Gasteiger partial charge in [-0.1, -0.05) is 54.6 Å². The molecule has 2 aromatic carbocycles. The molecule has 0 spiro atoms. The average Bonchev–Trinajstić information content (AvgIpc) is 2.79. The van der Waals surface area contributed by atoms with Crippen molar-refractivity contribution in [2.24, 2.45) is 0 Å². The highest BCUT2D eigenvalue weighted by Gasteiger charge is 2.44. The Morgan fingerprint density at radius 2 is 1.52 bits per heavy atom. The zero-order valence-electron chi connectivity index (χ0n) is 16.7. The van der Waals surface area contributed by atoms with Crippen LogP contribution >= 0.6 is 0 Å². The van der Waals surface area contributed by atoms with Crippen molar-refractivity contribution in [3.63, 3.8) is 0 Å². The third kappa shape index (κ3) is 5.87. The van der Waals surface area contributed by atoms with E-state index in [0.717, 1.165) is 16.7 Å². The van der Waals surface area contributed by atoms with Crippen LogP contribution in [-0.2, 0) is 16.0 Å². The topological polar surface area (TPSA) is 148 Å². The highest BCUT2D eigenvalue weighted by atomic mass is 16.6. The minimum atomic E-state index is -1.62. The average molecular weight is 430 g/mol. The van der Waals surface area contributed by atoms with E-state index in [0.29, 0.717) is 6.42 Å². The number of benzene rings is 2. The number of imide groups is 1. The molecule has 9 heteroatoms. The normalized spacial score (nSPS) is 25.6. The summed E-state index contributed by atoms with van der Waals surface area (Å²) in [5, 5.41) is 42.9. The molecule has 5 atom stereocenters. The van der Waals surface area contributed by atoms with Gasteiger partial charge in [0.05, 0.1) is 6.61 Å². The van der Waals surface area contributed by atoms with Gasteiger partial charge in [-0.2, -0.15) is 0 Å². The molecule has 166 valence electrons. The Morgan fingerprint density at radius 1 is 0.871 bits per heavy atom. The number of aryl methyl sites for hydroxylation is 1. The van der Waals surface area contributed by atoms with Crippen LogP contribution in [-0.4, -0.2) is 69.6 Å². The smallest absolute Gasteiger partial charge is 0.323 e. The van der Waals surface area contributed by atoms with Crippen LogP contribution in [0, 0.1) is 0 Å². The Balaban J connectivity index is 1.46. The summed E-state index contributed by atoms with van der Waals surface area (Å²) in [6, 6.07) is 16.7. The number of aliphatic hydroxyl groups is 4. The molecule has 3 amide bonds. The molecule has 3 rings (SSSR count). The molecule has 1 saturated heterocycles. The molecule has 31 heavy (non-hydrogen) atoms. The number of rotatable bonds is 6. The number of aliphatic hydroxyl groups excluding tert-OH is 4. The predicted molar refractivity (Wildman–Crippen MR) is 111 cm³/mol. The minimum absolute atomic E-state index is 0.0623. The fourth-order valence-corrected chi connectivity index (χ4v) is 3.33. The summed E-state index contributed by atoms with van der Waals surface area (Å²) in [6.07, 6.45) is -6.84. The molecule has 0 aromatic heterocycles. The van der Waals surface area contributed by atoms with Crippen molar-refractivity contribution in [2.75, 3.05) is 6.61 Å². The van der Waals surface area contributed by atoms with Gasteiger partial charge in [-0.15, -0.1) is 0 Å². The Bertz CT molecular complexity index is 873. The molecule has 1 heterocycles. The van der Waals surface area contributed by atoms with E-state index < -0.39 is 49.2 Å². The summed E-state index contributed by atoms with van der Waals surface area (Å²) in [6.45, 7) is -0.618. The van der Waals surface area contributed by atoms with Gasteiger partial charge in [-0.05, 0) is 23.1 Å². The maximum absolute atomic E-state index is 12.1. The van der Waals surface area contributed by atoms with Crippen molar-refractivity contribution in [1.29, 1.82) is 0 Å². The largest absolute Gasteiger partial charge is 0.394 e. The zero-order valence-corrected chi connectivity index (χ0v) is 16.7. The van der Waals surface area contributed by atoms with E-state index in [1.165, 1.54) is 0 Å².